The SMILES string of the molecule is O=CNC[C@H](Cc1ccccc1)NC(=O)OCC1c2ccccc2-c2ccccc21. The number of benzene rings is 3. The van der Waals surface area contributed by atoms with Crippen molar-refractivity contribution in [1.82, 2.24) is 10.6 Å². The first-order chi connectivity index (χ1) is 14.8. The summed E-state index contributed by atoms with van der Waals surface area (Å²) in [5.41, 5.74) is 5.82. The van der Waals surface area contributed by atoms with E-state index in [1.807, 2.05) is 54.6 Å². The van der Waals surface area contributed by atoms with E-state index >= 15 is 0 Å². The van der Waals surface area contributed by atoms with Gasteiger partial charge in [-0.1, -0.05) is 78.9 Å². The van der Waals surface area contributed by atoms with Crippen LogP contribution in [0.3, 0.4) is 0 Å². The normalized spacial score (nSPS) is 13.1. The zero-order chi connectivity index (χ0) is 20.8. The fourth-order valence-corrected chi connectivity index (χ4v) is 4.07. The molecular weight excluding hydrogens is 376 g/mol. The lowest BCUT2D eigenvalue weighted by molar-refractivity contribution is -0.109. The summed E-state index contributed by atoms with van der Waals surface area (Å²) >= 11 is 0. The summed E-state index contributed by atoms with van der Waals surface area (Å²) < 4.78 is 5.62. The summed E-state index contributed by atoms with van der Waals surface area (Å²) in [5, 5.41) is 5.54. The van der Waals surface area contributed by atoms with E-state index in [-0.39, 0.29) is 18.6 Å². The zero-order valence-corrected chi connectivity index (χ0v) is 16.6. The van der Waals surface area contributed by atoms with E-state index in [1.165, 1.54) is 22.3 Å². The van der Waals surface area contributed by atoms with Crippen molar-refractivity contribution in [1.29, 1.82) is 0 Å². The molecule has 0 saturated carbocycles. The third kappa shape index (κ3) is 4.35. The van der Waals surface area contributed by atoms with Gasteiger partial charge in [0.1, 0.15) is 6.61 Å². The van der Waals surface area contributed by atoms with Crippen molar-refractivity contribution < 1.29 is 14.3 Å². The predicted octanol–water partition coefficient (Wildman–Crippen LogP) is 3.88. The third-order valence-corrected chi connectivity index (χ3v) is 5.44. The van der Waals surface area contributed by atoms with Crippen molar-refractivity contribution in [3.05, 3.63) is 95.6 Å². The van der Waals surface area contributed by atoms with Crippen LogP contribution in [0.4, 0.5) is 4.79 Å². The number of carbonyl (C=O) groups excluding carboxylic acids is 2. The lowest BCUT2D eigenvalue weighted by Gasteiger charge is -2.20. The molecule has 3 aromatic rings. The van der Waals surface area contributed by atoms with Crippen LogP contribution in [0.1, 0.15) is 22.6 Å². The maximum absolute atomic E-state index is 12.5. The van der Waals surface area contributed by atoms with Crippen LogP contribution in [0.5, 0.6) is 0 Å². The summed E-state index contributed by atoms with van der Waals surface area (Å²) in [7, 11) is 0. The molecule has 4 rings (SSSR count). The molecule has 0 saturated heterocycles. The van der Waals surface area contributed by atoms with E-state index < -0.39 is 6.09 Å². The van der Waals surface area contributed by atoms with Crippen LogP contribution in [-0.2, 0) is 16.0 Å². The lowest BCUT2D eigenvalue weighted by Crippen LogP contribution is -2.43. The molecule has 0 heterocycles. The van der Waals surface area contributed by atoms with Gasteiger partial charge < -0.3 is 15.4 Å². The topological polar surface area (TPSA) is 67.4 Å². The maximum Gasteiger partial charge on any atom is 0.407 e. The number of amides is 2. The van der Waals surface area contributed by atoms with Crippen molar-refractivity contribution in [2.75, 3.05) is 13.2 Å². The number of hydrogen-bond donors (Lipinski definition) is 2. The Labute approximate surface area is 176 Å². The number of carbonyl (C=O) groups is 2. The highest BCUT2D eigenvalue weighted by atomic mass is 16.5. The third-order valence-electron chi connectivity index (χ3n) is 5.44. The molecule has 1 atom stereocenters. The smallest absolute Gasteiger partial charge is 0.407 e. The van der Waals surface area contributed by atoms with Crippen LogP contribution in [0.15, 0.2) is 78.9 Å². The van der Waals surface area contributed by atoms with Gasteiger partial charge in [-0.25, -0.2) is 4.79 Å². The molecule has 5 nitrogen and oxygen atoms in total. The summed E-state index contributed by atoms with van der Waals surface area (Å²) in [4.78, 5) is 23.3. The molecule has 2 amide bonds. The monoisotopic (exact) mass is 400 g/mol. The lowest BCUT2D eigenvalue weighted by atomic mass is 9.98. The largest absolute Gasteiger partial charge is 0.449 e. The first-order valence-corrected chi connectivity index (χ1v) is 10.1. The quantitative estimate of drug-likeness (QED) is 0.564. The van der Waals surface area contributed by atoms with Crippen molar-refractivity contribution in [3.63, 3.8) is 0 Å². The van der Waals surface area contributed by atoms with E-state index in [4.69, 9.17) is 4.74 Å². The molecule has 1 aliphatic carbocycles. The summed E-state index contributed by atoms with van der Waals surface area (Å²) in [5.74, 6) is 0.0174. The van der Waals surface area contributed by atoms with Gasteiger partial charge in [0.05, 0.1) is 6.04 Å². The van der Waals surface area contributed by atoms with E-state index in [0.29, 0.717) is 19.4 Å². The minimum absolute atomic E-state index is 0.0174. The van der Waals surface area contributed by atoms with E-state index in [9.17, 15) is 9.59 Å². The van der Waals surface area contributed by atoms with Gasteiger partial charge in [0.25, 0.3) is 0 Å². The Morgan fingerprint density at radius 2 is 1.50 bits per heavy atom. The van der Waals surface area contributed by atoms with Gasteiger partial charge in [-0.15, -0.1) is 0 Å². The van der Waals surface area contributed by atoms with Gasteiger partial charge in [0.15, 0.2) is 0 Å². The molecule has 0 fully saturated rings. The van der Waals surface area contributed by atoms with Crippen LogP contribution in [-0.4, -0.2) is 31.7 Å². The Hall–Kier alpha value is -3.60. The molecule has 152 valence electrons. The number of ether oxygens (including phenoxy) is 1. The maximum atomic E-state index is 12.5. The second kappa shape index (κ2) is 9.27. The van der Waals surface area contributed by atoms with Crippen molar-refractivity contribution in [2.45, 2.75) is 18.4 Å². The highest BCUT2D eigenvalue weighted by molar-refractivity contribution is 5.79. The van der Waals surface area contributed by atoms with Crippen LogP contribution < -0.4 is 10.6 Å². The van der Waals surface area contributed by atoms with Gasteiger partial charge in [0, 0.05) is 12.5 Å². The first-order valence-electron chi connectivity index (χ1n) is 10.1. The van der Waals surface area contributed by atoms with Gasteiger partial charge in [-0.2, -0.15) is 0 Å². The Morgan fingerprint density at radius 1 is 0.900 bits per heavy atom. The Bertz CT molecular complexity index is 974. The zero-order valence-electron chi connectivity index (χ0n) is 16.6. The number of fused-ring (bicyclic) bond motifs is 3. The van der Waals surface area contributed by atoms with Crippen molar-refractivity contribution in [2.24, 2.45) is 0 Å². The van der Waals surface area contributed by atoms with E-state index in [1.54, 1.807) is 0 Å². The minimum Gasteiger partial charge on any atom is -0.449 e. The van der Waals surface area contributed by atoms with Crippen LogP contribution >= 0.6 is 0 Å². The summed E-state index contributed by atoms with van der Waals surface area (Å²) in [6.45, 7) is 0.599. The first kappa shape index (κ1) is 19.7. The van der Waals surface area contributed by atoms with Crippen molar-refractivity contribution in [3.8, 4) is 11.1 Å². The highest BCUT2D eigenvalue weighted by Gasteiger charge is 2.29. The molecule has 0 radical (unpaired) electrons. The van der Waals surface area contributed by atoms with Gasteiger partial charge in [-0.05, 0) is 34.2 Å². The molecule has 3 aromatic carbocycles. The number of nitrogens with one attached hydrogen (secondary N) is 2. The standard InChI is InChI=1S/C25H24N2O3/c28-17-26-15-19(14-18-8-2-1-3-9-18)27-25(29)30-16-24-22-12-6-4-10-20(22)21-11-5-7-13-23(21)24/h1-13,17,19,24H,14-16H2,(H,26,28)(H,27,29)/t19-/m0/s1. The number of alkyl carbamates (subject to hydrolysis) is 1. The Morgan fingerprint density at radius 3 is 2.13 bits per heavy atom. The van der Waals surface area contributed by atoms with Crippen LogP contribution in [0.2, 0.25) is 0 Å². The number of hydrogen-bond acceptors (Lipinski definition) is 3. The van der Waals surface area contributed by atoms with Crippen LogP contribution in [0, 0.1) is 0 Å². The second-order valence-corrected chi connectivity index (χ2v) is 7.38. The molecule has 0 aromatic heterocycles. The highest BCUT2D eigenvalue weighted by Crippen LogP contribution is 2.44. The summed E-state index contributed by atoms with van der Waals surface area (Å²) in [6.07, 6.45) is 0.758. The van der Waals surface area contributed by atoms with Gasteiger partial charge in [-0.3, -0.25) is 4.79 Å². The predicted molar refractivity (Wildman–Crippen MR) is 116 cm³/mol. The van der Waals surface area contributed by atoms with Crippen LogP contribution in [0.25, 0.3) is 11.1 Å². The summed E-state index contributed by atoms with van der Waals surface area (Å²) in [6, 6.07) is 26.1. The molecular formula is C25H24N2O3. The molecule has 0 unspecified atom stereocenters. The molecule has 0 bridgehead atoms. The Kier molecular flexibility index (Phi) is 6.09. The van der Waals surface area contributed by atoms with E-state index in [0.717, 1.165) is 5.56 Å². The molecule has 30 heavy (non-hydrogen) atoms. The average molecular weight is 400 g/mol. The molecule has 0 spiro atoms. The fourth-order valence-electron chi connectivity index (χ4n) is 4.07. The fraction of sp³-hybridized carbons (Fsp3) is 0.200. The number of rotatable bonds is 8. The molecule has 1 aliphatic rings. The molecule has 2 N–H and O–H groups in total. The average Bonchev–Trinajstić information content (AvgIpc) is 3.10. The molecule has 5 heteroatoms. The second-order valence-electron chi connectivity index (χ2n) is 7.38. The van der Waals surface area contributed by atoms with Gasteiger partial charge in [0.2, 0.25) is 6.41 Å². The Balaban J connectivity index is 1.41. The van der Waals surface area contributed by atoms with Crippen molar-refractivity contribution >= 4 is 12.5 Å². The molecule has 0 aliphatic heterocycles. The minimum atomic E-state index is -0.481. The van der Waals surface area contributed by atoms with E-state index in [2.05, 4.69) is 34.9 Å². The van der Waals surface area contributed by atoms with Gasteiger partial charge >= 0.3 is 6.09 Å².